The smallest absolute Gasteiger partial charge is 0.373 e. The van der Waals surface area contributed by atoms with Gasteiger partial charge in [-0.15, -0.1) is 0 Å². The Morgan fingerprint density at radius 3 is 2.66 bits per heavy atom. The number of nitrogens with zero attached hydrogens (tertiary/aromatic N) is 1. The van der Waals surface area contributed by atoms with Crippen LogP contribution in [-0.4, -0.2) is 29.9 Å². The molecule has 0 saturated carbocycles. The van der Waals surface area contributed by atoms with Crippen molar-refractivity contribution in [2.45, 2.75) is 13.2 Å². The number of hydrogen-bond acceptors (Lipinski definition) is 6. The van der Waals surface area contributed by atoms with Crippen molar-refractivity contribution < 1.29 is 28.3 Å². The molecule has 3 aromatic rings. The summed E-state index contributed by atoms with van der Waals surface area (Å²) >= 11 is 0. The molecule has 1 aromatic heterocycles. The fraction of sp³-hybridized carbons (Fsp3) is 0.125. The van der Waals surface area contributed by atoms with Crippen LogP contribution in [0.2, 0.25) is 0 Å². The molecule has 1 N–H and O–H groups in total. The van der Waals surface area contributed by atoms with E-state index in [-0.39, 0.29) is 23.8 Å². The van der Waals surface area contributed by atoms with Gasteiger partial charge in [-0.3, -0.25) is 9.69 Å². The van der Waals surface area contributed by atoms with Crippen molar-refractivity contribution in [3.05, 3.63) is 95.1 Å². The summed E-state index contributed by atoms with van der Waals surface area (Å²) in [5.74, 6) is -0.211. The molecular weight excluding hydrogens is 412 g/mol. The molecule has 1 aliphatic heterocycles. The Balaban J connectivity index is 1.44. The Morgan fingerprint density at radius 1 is 1.06 bits per heavy atom. The molecule has 3 amide bonds. The van der Waals surface area contributed by atoms with Gasteiger partial charge in [0.1, 0.15) is 23.8 Å². The number of carbonyl (C=O) groups is 3. The van der Waals surface area contributed by atoms with Gasteiger partial charge >= 0.3 is 12.0 Å². The van der Waals surface area contributed by atoms with E-state index in [0.29, 0.717) is 17.9 Å². The molecule has 0 bridgehead atoms. The molecule has 0 unspecified atom stereocenters. The van der Waals surface area contributed by atoms with Crippen LogP contribution in [0.3, 0.4) is 0 Å². The van der Waals surface area contributed by atoms with E-state index in [4.69, 9.17) is 9.15 Å². The van der Waals surface area contributed by atoms with E-state index in [1.165, 1.54) is 19.2 Å². The molecule has 162 valence electrons. The standard InChI is InChI=1S/C24H20N2O6/c1-30-23(28)21-11-10-19(32-21)14-26-22(27)20(25-24(26)29)13-17-8-5-9-18(12-17)31-15-16-6-3-2-4-7-16/h2-13H,14-15H2,1H3,(H,25,29). The third kappa shape index (κ3) is 4.70. The van der Waals surface area contributed by atoms with Crippen LogP contribution < -0.4 is 10.1 Å². The number of amides is 3. The maximum absolute atomic E-state index is 12.7. The minimum atomic E-state index is -0.636. The molecule has 1 fully saturated rings. The van der Waals surface area contributed by atoms with Gasteiger partial charge in [0.25, 0.3) is 5.91 Å². The van der Waals surface area contributed by atoms with Crippen LogP contribution in [0.15, 0.2) is 76.8 Å². The maximum atomic E-state index is 12.7. The second-order valence-corrected chi connectivity index (χ2v) is 6.98. The maximum Gasteiger partial charge on any atom is 0.373 e. The molecule has 1 saturated heterocycles. The van der Waals surface area contributed by atoms with E-state index < -0.39 is 17.9 Å². The predicted molar refractivity (Wildman–Crippen MR) is 114 cm³/mol. The van der Waals surface area contributed by atoms with Crippen molar-refractivity contribution in [1.82, 2.24) is 10.2 Å². The van der Waals surface area contributed by atoms with Crippen molar-refractivity contribution in [2.75, 3.05) is 7.11 Å². The second-order valence-electron chi connectivity index (χ2n) is 6.98. The van der Waals surface area contributed by atoms with Crippen LogP contribution >= 0.6 is 0 Å². The lowest BCUT2D eigenvalue weighted by molar-refractivity contribution is -0.123. The third-order valence-electron chi connectivity index (χ3n) is 4.74. The highest BCUT2D eigenvalue weighted by Gasteiger charge is 2.34. The Labute approximate surface area is 184 Å². The number of imide groups is 1. The summed E-state index contributed by atoms with van der Waals surface area (Å²) in [6.45, 7) is 0.306. The van der Waals surface area contributed by atoms with E-state index in [1.807, 2.05) is 42.5 Å². The molecule has 32 heavy (non-hydrogen) atoms. The number of esters is 1. The van der Waals surface area contributed by atoms with Gasteiger partial charge in [0.2, 0.25) is 5.76 Å². The average molecular weight is 432 g/mol. The normalized spacial score (nSPS) is 14.5. The number of ether oxygens (including phenoxy) is 2. The Bertz CT molecular complexity index is 1180. The highest BCUT2D eigenvalue weighted by molar-refractivity contribution is 6.13. The molecule has 4 rings (SSSR count). The van der Waals surface area contributed by atoms with Crippen molar-refractivity contribution in [2.24, 2.45) is 0 Å². The summed E-state index contributed by atoms with van der Waals surface area (Å²) in [7, 11) is 1.24. The monoisotopic (exact) mass is 432 g/mol. The molecule has 0 radical (unpaired) electrons. The molecular formula is C24H20N2O6. The molecule has 0 aliphatic carbocycles. The SMILES string of the molecule is COC(=O)c1ccc(CN2C(=O)NC(=Cc3cccc(OCc4ccccc4)c3)C2=O)o1. The third-order valence-corrected chi connectivity index (χ3v) is 4.74. The minimum absolute atomic E-state index is 0.00219. The molecule has 8 nitrogen and oxygen atoms in total. The van der Waals surface area contributed by atoms with E-state index in [2.05, 4.69) is 10.1 Å². The Morgan fingerprint density at radius 2 is 1.88 bits per heavy atom. The van der Waals surface area contributed by atoms with E-state index in [0.717, 1.165) is 10.5 Å². The van der Waals surface area contributed by atoms with E-state index in [1.54, 1.807) is 18.2 Å². The zero-order chi connectivity index (χ0) is 22.5. The largest absolute Gasteiger partial charge is 0.489 e. The van der Waals surface area contributed by atoms with Crippen LogP contribution in [0.4, 0.5) is 4.79 Å². The number of urea groups is 1. The fourth-order valence-electron chi connectivity index (χ4n) is 3.15. The first-order valence-electron chi connectivity index (χ1n) is 9.82. The lowest BCUT2D eigenvalue weighted by atomic mass is 10.1. The zero-order valence-electron chi connectivity index (χ0n) is 17.2. The van der Waals surface area contributed by atoms with Crippen LogP contribution in [0.1, 0.15) is 27.4 Å². The molecule has 2 heterocycles. The summed E-state index contributed by atoms with van der Waals surface area (Å²) in [4.78, 5) is 37.5. The van der Waals surface area contributed by atoms with Gasteiger partial charge < -0.3 is 19.2 Å². The summed E-state index contributed by atoms with van der Waals surface area (Å²) in [5, 5.41) is 2.56. The zero-order valence-corrected chi connectivity index (χ0v) is 17.2. The van der Waals surface area contributed by atoms with Crippen LogP contribution in [-0.2, 0) is 22.7 Å². The quantitative estimate of drug-likeness (QED) is 0.347. The second kappa shape index (κ2) is 9.22. The molecule has 8 heteroatoms. The first-order chi connectivity index (χ1) is 15.5. The Hall–Kier alpha value is -4.33. The molecule has 0 spiro atoms. The first-order valence-corrected chi connectivity index (χ1v) is 9.82. The number of nitrogens with one attached hydrogen (secondary N) is 1. The van der Waals surface area contributed by atoms with E-state index in [9.17, 15) is 14.4 Å². The van der Waals surface area contributed by atoms with Crippen molar-refractivity contribution in [1.29, 1.82) is 0 Å². The molecule has 0 atom stereocenters. The van der Waals surface area contributed by atoms with Gasteiger partial charge in [-0.1, -0.05) is 42.5 Å². The molecule has 1 aliphatic rings. The first kappa shape index (κ1) is 20.9. The predicted octanol–water partition coefficient (Wildman–Crippen LogP) is 3.74. The lowest BCUT2D eigenvalue weighted by Crippen LogP contribution is -2.30. The number of hydrogen-bond donors (Lipinski definition) is 1. The van der Waals surface area contributed by atoms with Crippen molar-refractivity contribution in [3.63, 3.8) is 0 Å². The minimum Gasteiger partial charge on any atom is -0.489 e. The topological polar surface area (TPSA) is 98.1 Å². The van der Waals surface area contributed by atoms with Gasteiger partial charge in [-0.2, -0.15) is 0 Å². The summed E-state index contributed by atoms with van der Waals surface area (Å²) < 4.78 is 15.7. The van der Waals surface area contributed by atoms with Gasteiger partial charge in [0.05, 0.1) is 13.7 Å². The summed E-state index contributed by atoms with van der Waals surface area (Å²) in [6, 6.07) is 19.4. The van der Waals surface area contributed by atoms with Crippen LogP contribution in [0, 0.1) is 0 Å². The van der Waals surface area contributed by atoms with Crippen molar-refractivity contribution in [3.8, 4) is 5.75 Å². The fourth-order valence-corrected chi connectivity index (χ4v) is 3.15. The average Bonchev–Trinajstić information content (AvgIpc) is 3.39. The van der Waals surface area contributed by atoms with E-state index >= 15 is 0 Å². The van der Waals surface area contributed by atoms with Crippen LogP contribution in [0.5, 0.6) is 5.75 Å². The number of furan rings is 1. The summed E-state index contributed by atoms with van der Waals surface area (Å²) in [5.41, 5.74) is 1.88. The number of carbonyl (C=O) groups excluding carboxylic acids is 3. The summed E-state index contributed by atoms with van der Waals surface area (Å²) in [6.07, 6.45) is 1.58. The Kier molecular flexibility index (Phi) is 6.03. The highest BCUT2D eigenvalue weighted by Crippen LogP contribution is 2.21. The van der Waals surface area contributed by atoms with Gasteiger partial charge in [0, 0.05) is 0 Å². The van der Waals surface area contributed by atoms with Crippen LogP contribution in [0.25, 0.3) is 6.08 Å². The van der Waals surface area contributed by atoms with Gasteiger partial charge in [-0.25, -0.2) is 9.59 Å². The van der Waals surface area contributed by atoms with Crippen molar-refractivity contribution >= 4 is 24.0 Å². The number of rotatable bonds is 7. The molecule has 2 aromatic carbocycles. The van der Waals surface area contributed by atoms with Gasteiger partial charge in [0.15, 0.2) is 0 Å². The number of methoxy groups -OCH3 is 1. The lowest BCUT2D eigenvalue weighted by Gasteiger charge is -2.09. The highest BCUT2D eigenvalue weighted by atomic mass is 16.5. The number of benzene rings is 2. The van der Waals surface area contributed by atoms with Gasteiger partial charge in [-0.05, 0) is 41.5 Å².